The number of carbonyl (C=O) groups excluding carboxylic acids is 1. The first-order valence-corrected chi connectivity index (χ1v) is 9.04. The molecule has 1 aliphatic carbocycles. The van der Waals surface area contributed by atoms with Gasteiger partial charge in [-0.25, -0.2) is 4.79 Å². The molecule has 5 nitrogen and oxygen atoms in total. The van der Waals surface area contributed by atoms with Gasteiger partial charge in [-0.1, -0.05) is 29.8 Å². The number of aliphatic hydroxyl groups is 1. The van der Waals surface area contributed by atoms with E-state index in [-0.39, 0.29) is 18.7 Å². The smallest absolute Gasteiger partial charge is 0.318 e. The molecular weight excluding hydrogens is 302 g/mol. The maximum atomic E-state index is 12.6. The zero-order valence-electron chi connectivity index (χ0n) is 14.7. The highest BCUT2D eigenvalue weighted by atomic mass is 16.3. The molecule has 0 aromatic heterocycles. The van der Waals surface area contributed by atoms with Crippen molar-refractivity contribution >= 4 is 6.03 Å². The Morgan fingerprint density at radius 1 is 1.33 bits per heavy atom. The summed E-state index contributed by atoms with van der Waals surface area (Å²) < 4.78 is 0. The van der Waals surface area contributed by atoms with Crippen molar-refractivity contribution in [1.29, 1.82) is 0 Å². The van der Waals surface area contributed by atoms with Crippen LogP contribution in [-0.2, 0) is 6.54 Å². The first kappa shape index (κ1) is 17.2. The summed E-state index contributed by atoms with van der Waals surface area (Å²) >= 11 is 0. The van der Waals surface area contributed by atoms with Gasteiger partial charge < -0.3 is 15.3 Å². The van der Waals surface area contributed by atoms with Crippen LogP contribution in [0.5, 0.6) is 0 Å². The lowest BCUT2D eigenvalue weighted by atomic mass is 10.1. The van der Waals surface area contributed by atoms with E-state index in [1.54, 1.807) is 4.90 Å². The van der Waals surface area contributed by atoms with Gasteiger partial charge >= 0.3 is 6.03 Å². The lowest BCUT2D eigenvalue weighted by Gasteiger charge is -2.25. The van der Waals surface area contributed by atoms with Gasteiger partial charge in [0.25, 0.3) is 0 Å². The van der Waals surface area contributed by atoms with E-state index < -0.39 is 0 Å². The molecule has 2 amide bonds. The lowest BCUT2D eigenvalue weighted by molar-refractivity contribution is 0.170. The molecule has 1 saturated heterocycles. The summed E-state index contributed by atoms with van der Waals surface area (Å²) in [5.74, 6) is 0. The van der Waals surface area contributed by atoms with Crippen LogP contribution in [0.25, 0.3) is 0 Å². The molecule has 132 valence electrons. The topological polar surface area (TPSA) is 55.8 Å². The highest BCUT2D eigenvalue weighted by Gasteiger charge is 2.39. The van der Waals surface area contributed by atoms with Crippen molar-refractivity contribution in [3.8, 4) is 0 Å². The van der Waals surface area contributed by atoms with Gasteiger partial charge in [-0.3, -0.25) is 4.90 Å². The van der Waals surface area contributed by atoms with Crippen LogP contribution < -0.4 is 5.32 Å². The van der Waals surface area contributed by atoms with Gasteiger partial charge in [0.2, 0.25) is 0 Å². The largest absolute Gasteiger partial charge is 0.395 e. The predicted octanol–water partition coefficient (Wildman–Crippen LogP) is 2.12. The van der Waals surface area contributed by atoms with Gasteiger partial charge in [-0.15, -0.1) is 0 Å². The summed E-state index contributed by atoms with van der Waals surface area (Å²) in [7, 11) is 0. The average Bonchev–Trinajstić information content (AvgIpc) is 3.33. The number of likely N-dealkylation sites (tertiary alicyclic amines) is 1. The fraction of sp³-hybridized carbons (Fsp3) is 0.632. The van der Waals surface area contributed by atoms with E-state index >= 15 is 0 Å². The third-order valence-corrected chi connectivity index (χ3v) is 5.12. The minimum absolute atomic E-state index is 0.0193. The molecule has 1 aromatic carbocycles. The van der Waals surface area contributed by atoms with Crippen molar-refractivity contribution in [1.82, 2.24) is 15.1 Å². The van der Waals surface area contributed by atoms with Gasteiger partial charge in [0.1, 0.15) is 0 Å². The first-order chi connectivity index (χ1) is 11.6. The first-order valence-electron chi connectivity index (χ1n) is 9.04. The zero-order valence-corrected chi connectivity index (χ0v) is 14.7. The number of hydrogen-bond donors (Lipinski definition) is 2. The fourth-order valence-electron chi connectivity index (χ4n) is 3.63. The van der Waals surface area contributed by atoms with Crippen LogP contribution in [0.4, 0.5) is 4.79 Å². The third kappa shape index (κ3) is 4.28. The molecule has 0 unspecified atom stereocenters. The number of urea groups is 1. The van der Waals surface area contributed by atoms with Gasteiger partial charge in [0, 0.05) is 37.8 Å². The highest BCUT2D eigenvalue weighted by molar-refractivity contribution is 5.74. The molecule has 5 heteroatoms. The Bertz CT molecular complexity index is 556. The van der Waals surface area contributed by atoms with Crippen molar-refractivity contribution in [2.45, 2.75) is 57.8 Å². The van der Waals surface area contributed by atoms with Gasteiger partial charge in [-0.2, -0.15) is 0 Å². The van der Waals surface area contributed by atoms with E-state index in [9.17, 15) is 9.90 Å². The second-order valence-corrected chi connectivity index (χ2v) is 7.29. The molecule has 0 spiro atoms. The molecule has 3 rings (SSSR count). The molecule has 1 heterocycles. The third-order valence-electron chi connectivity index (χ3n) is 5.12. The zero-order chi connectivity index (χ0) is 17.1. The lowest BCUT2D eigenvalue weighted by Crippen LogP contribution is -2.46. The van der Waals surface area contributed by atoms with E-state index in [1.807, 2.05) is 12.1 Å². The number of amides is 2. The van der Waals surface area contributed by atoms with Crippen LogP contribution in [0, 0.1) is 6.92 Å². The van der Waals surface area contributed by atoms with Crippen molar-refractivity contribution in [2.75, 3.05) is 19.7 Å². The van der Waals surface area contributed by atoms with Crippen LogP contribution in [-0.4, -0.2) is 58.8 Å². The normalized spacial score (nSPS) is 24.1. The Balaban J connectivity index is 1.56. The molecule has 0 radical (unpaired) electrons. The predicted molar refractivity (Wildman–Crippen MR) is 94.8 cm³/mol. The second-order valence-electron chi connectivity index (χ2n) is 7.29. The summed E-state index contributed by atoms with van der Waals surface area (Å²) in [6.07, 6.45) is 3.61. The average molecular weight is 331 g/mol. The number of aryl methyl sites for hydroxylation is 1. The quantitative estimate of drug-likeness (QED) is 0.839. The molecule has 1 aromatic rings. The van der Waals surface area contributed by atoms with E-state index in [1.165, 1.54) is 18.4 Å². The van der Waals surface area contributed by atoms with Crippen LogP contribution in [0.3, 0.4) is 0 Å². The molecule has 2 N–H and O–H groups in total. The van der Waals surface area contributed by atoms with Crippen molar-refractivity contribution in [3.63, 3.8) is 0 Å². The molecular formula is C19H29N3O2. The molecule has 2 atom stereocenters. The Morgan fingerprint density at radius 3 is 2.67 bits per heavy atom. The number of nitrogens with one attached hydrogen (secondary N) is 1. The SMILES string of the molecule is Cc1ccc(CN(CCO)C(=O)N[C@H]2C[C@H](C)N(C3CC3)C2)cc1. The van der Waals surface area contributed by atoms with Gasteiger partial charge in [0.15, 0.2) is 0 Å². The molecule has 24 heavy (non-hydrogen) atoms. The van der Waals surface area contributed by atoms with E-state index in [4.69, 9.17) is 0 Å². The summed E-state index contributed by atoms with van der Waals surface area (Å²) in [5, 5.41) is 12.5. The van der Waals surface area contributed by atoms with Gasteiger partial charge in [0.05, 0.1) is 6.61 Å². The maximum absolute atomic E-state index is 12.6. The monoisotopic (exact) mass is 331 g/mol. The van der Waals surface area contributed by atoms with Crippen molar-refractivity contribution < 1.29 is 9.90 Å². The van der Waals surface area contributed by atoms with Gasteiger partial charge in [-0.05, 0) is 38.7 Å². The van der Waals surface area contributed by atoms with Crippen molar-refractivity contribution in [2.24, 2.45) is 0 Å². The van der Waals surface area contributed by atoms with E-state index in [2.05, 4.69) is 36.2 Å². The standard InChI is InChI=1S/C19H29N3O2/c1-14-3-5-16(6-4-14)12-21(9-10-23)19(24)20-17-11-15(2)22(13-17)18-7-8-18/h3-6,15,17-18,23H,7-13H2,1-2H3,(H,20,24)/t15-,17-/m0/s1. The summed E-state index contributed by atoms with van der Waals surface area (Å²) in [5.41, 5.74) is 2.29. The summed E-state index contributed by atoms with van der Waals surface area (Å²) in [4.78, 5) is 16.9. The highest BCUT2D eigenvalue weighted by Crippen LogP contribution is 2.33. The maximum Gasteiger partial charge on any atom is 0.318 e. The van der Waals surface area contributed by atoms with Crippen LogP contribution in [0.15, 0.2) is 24.3 Å². The van der Waals surface area contributed by atoms with Crippen LogP contribution in [0.2, 0.25) is 0 Å². The minimum atomic E-state index is -0.0699. The minimum Gasteiger partial charge on any atom is -0.395 e. The van der Waals surface area contributed by atoms with Crippen LogP contribution in [0.1, 0.15) is 37.3 Å². The Morgan fingerprint density at radius 2 is 2.04 bits per heavy atom. The number of aliphatic hydroxyl groups excluding tert-OH is 1. The molecule has 2 fully saturated rings. The molecule has 2 aliphatic rings. The number of rotatable bonds is 6. The Hall–Kier alpha value is -1.59. The van der Waals surface area contributed by atoms with E-state index in [0.29, 0.717) is 19.1 Å². The number of nitrogens with zero attached hydrogens (tertiary/aromatic N) is 2. The molecule has 1 aliphatic heterocycles. The Labute approximate surface area is 144 Å². The summed E-state index contributed by atoms with van der Waals surface area (Å²) in [6.45, 7) is 6.12. The fourth-order valence-corrected chi connectivity index (χ4v) is 3.63. The number of hydrogen-bond acceptors (Lipinski definition) is 3. The van der Waals surface area contributed by atoms with Crippen LogP contribution >= 0.6 is 0 Å². The van der Waals surface area contributed by atoms with E-state index in [0.717, 1.165) is 24.6 Å². The van der Waals surface area contributed by atoms with Crippen molar-refractivity contribution in [3.05, 3.63) is 35.4 Å². The number of carbonyl (C=O) groups is 1. The second kappa shape index (κ2) is 7.53. The number of benzene rings is 1. The molecule has 1 saturated carbocycles. The summed E-state index contributed by atoms with van der Waals surface area (Å²) in [6, 6.07) is 9.62. The molecule has 0 bridgehead atoms. The Kier molecular flexibility index (Phi) is 5.41.